The van der Waals surface area contributed by atoms with E-state index in [2.05, 4.69) is 18.1 Å². The van der Waals surface area contributed by atoms with Crippen molar-refractivity contribution in [1.29, 1.82) is 0 Å². The van der Waals surface area contributed by atoms with Crippen LogP contribution in [0.2, 0.25) is 5.02 Å². The van der Waals surface area contributed by atoms with Crippen LogP contribution in [0.3, 0.4) is 0 Å². The highest BCUT2D eigenvalue weighted by molar-refractivity contribution is 7.10. The first-order valence-corrected chi connectivity index (χ1v) is 8.84. The number of amides is 1. The van der Waals surface area contributed by atoms with Crippen LogP contribution < -0.4 is 0 Å². The zero-order valence-electron chi connectivity index (χ0n) is 13.6. The Kier molecular flexibility index (Phi) is 5.02. The molecule has 4 nitrogen and oxygen atoms in total. The minimum atomic E-state index is -0.0341. The van der Waals surface area contributed by atoms with Crippen LogP contribution in [0.25, 0.3) is 0 Å². The third kappa shape index (κ3) is 3.68. The molecule has 0 atom stereocenters. The molecular weight excluding hydrogens is 342 g/mol. The number of aryl methyl sites for hydroxylation is 1. The number of rotatable bonds is 5. The van der Waals surface area contributed by atoms with E-state index in [1.165, 1.54) is 10.4 Å². The summed E-state index contributed by atoms with van der Waals surface area (Å²) in [5, 5.41) is 7.03. The standard InChI is InChI=1S/C18H18ClN3OS/c1-13-7-8-24-17(13)12-21(2)18(23)15-9-20-22(11-15)10-14-5-3-4-6-16(14)19/h3-9,11H,10,12H2,1-2H3. The van der Waals surface area contributed by atoms with Crippen LogP contribution in [0.15, 0.2) is 48.1 Å². The van der Waals surface area contributed by atoms with Gasteiger partial charge < -0.3 is 4.90 Å². The maximum atomic E-state index is 12.6. The molecule has 1 amide bonds. The Morgan fingerprint density at radius 1 is 1.33 bits per heavy atom. The van der Waals surface area contributed by atoms with Gasteiger partial charge in [0.25, 0.3) is 5.91 Å². The van der Waals surface area contributed by atoms with Crippen molar-refractivity contribution in [3.63, 3.8) is 0 Å². The zero-order chi connectivity index (χ0) is 17.1. The molecule has 0 aliphatic carbocycles. The van der Waals surface area contributed by atoms with E-state index in [9.17, 15) is 4.79 Å². The number of carbonyl (C=O) groups is 1. The molecule has 0 spiro atoms. The van der Waals surface area contributed by atoms with E-state index in [4.69, 9.17) is 11.6 Å². The van der Waals surface area contributed by atoms with E-state index in [1.54, 1.807) is 33.3 Å². The van der Waals surface area contributed by atoms with Gasteiger partial charge in [0.05, 0.1) is 24.8 Å². The fourth-order valence-corrected chi connectivity index (χ4v) is 3.59. The Bertz CT molecular complexity index is 855. The van der Waals surface area contributed by atoms with Gasteiger partial charge >= 0.3 is 0 Å². The van der Waals surface area contributed by atoms with Gasteiger partial charge in [-0.15, -0.1) is 11.3 Å². The molecule has 0 fully saturated rings. The fraction of sp³-hybridized carbons (Fsp3) is 0.222. The molecule has 0 radical (unpaired) electrons. The zero-order valence-corrected chi connectivity index (χ0v) is 15.1. The van der Waals surface area contributed by atoms with Gasteiger partial charge in [0.2, 0.25) is 0 Å². The lowest BCUT2D eigenvalue weighted by atomic mass is 10.2. The number of hydrogen-bond donors (Lipinski definition) is 0. The van der Waals surface area contributed by atoms with Crippen LogP contribution in [0.4, 0.5) is 0 Å². The number of halogens is 1. The lowest BCUT2D eigenvalue weighted by Crippen LogP contribution is -2.25. The number of hydrogen-bond acceptors (Lipinski definition) is 3. The number of thiophene rings is 1. The van der Waals surface area contributed by atoms with E-state index in [0.29, 0.717) is 23.7 Å². The van der Waals surface area contributed by atoms with Crippen LogP contribution in [0.5, 0.6) is 0 Å². The number of aromatic nitrogens is 2. The molecule has 0 unspecified atom stereocenters. The van der Waals surface area contributed by atoms with E-state index in [-0.39, 0.29) is 5.91 Å². The van der Waals surface area contributed by atoms with Crippen molar-refractivity contribution in [3.05, 3.63) is 74.7 Å². The van der Waals surface area contributed by atoms with Gasteiger partial charge in [-0.25, -0.2) is 0 Å². The first kappa shape index (κ1) is 16.7. The van der Waals surface area contributed by atoms with Gasteiger partial charge in [-0.1, -0.05) is 29.8 Å². The number of nitrogens with zero attached hydrogens (tertiary/aromatic N) is 3. The molecule has 2 heterocycles. The predicted octanol–water partition coefficient (Wildman–Crippen LogP) is 4.23. The van der Waals surface area contributed by atoms with Crippen LogP contribution >= 0.6 is 22.9 Å². The second kappa shape index (κ2) is 7.20. The van der Waals surface area contributed by atoms with E-state index < -0.39 is 0 Å². The average molecular weight is 360 g/mol. The van der Waals surface area contributed by atoms with Gasteiger partial charge in [-0.3, -0.25) is 9.48 Å². The highest BCUT2D eigenvalue weighted by Gasteiger charge is 2.15. The molecule has 3 aromatic rings. The summed E-state index contributed by atoms with van der Waals surface area (Å²) in [6.07, 6.45) is 3.38. The minimum absolute atomic E-state index is 0.0341. The summed E-state index contributed by atoms with van der Waals surface area (Å²) in [5.41, 5.74) is 2.77. The Morgan fingerprint density at radius 2 is 2.12 bits per heavy atom. The van der Waals surface area contributed by atoms with Crippen molar-refractivity contribution in [2.24, 2.45) is 0 Å². The van der Waals surface area contributed by atoms with Crippen LogP contribution in [-0.4, -0.2) is 27.6 Å². The maximum Gasteiger partial charge on any atom is 0.257 e. The summed E-state index contributed by atoms with van der Waals surface area (Å²) in [5.74, 6) is -0.0341. The van der Waals surface area contributed by atoms with Crippen molar-refractivity contribution in [2.75, 3.05) is 7.05 Å². The summed E-state index contributed by atoms with van der Waals surface area (Å²) < 4.78 is 1.73. The van der Waals surface area contributed by atoms with Gasteiger partial charge in [-0.2, -0.15) is 5.10 Å². The summed E-state index contributed by atoms with van der Waals surface area (Å²) in [6, 6.07) is 9.71. The van der Waals surface area contributed by atoms with Crippen molar-refractivity contribution in [1.82, 2.24) is 14.7 Å². The molecule has 3 rings (SSSR count). The van der Waals surface area contributed by atoms with Crippen LogP contribution in [0.1, 0.15) is 26.4 Å². The quantitative estimate of drug-likeness (QED) is 0.683. The third-order valence-corrected chi connectivity index (χ3v) is 5.24. The van der Waals surface area contributed by atoms with Gasteiger partial charge in [0.1, 0.15) is 0 Å². The Morgan fingerprint density at radius 3 is 2.83 bits per heavy atom. The number of carbonyl (C=O) groups excluding carboxylic acids is 1. The summed E-state index contributed by atoms with van der Waals surface area (Å²) in [4.78, 5) is 15.5. The van der Waals surface area contributed by atoms with E-state index in [1.807, 2.05) is 36.7 Å². The molecular formula is C18H18ClN3OS. The molecule has 0 saturated carbocycles. The van der Waals surface area contributed by atoms with Gasteiger partial charge in [0.15, 0.2) is 0 Å². The van der Waals surface area contributed by atoms with Gasteiger partial charge in [-0.05, 0) is 35.6 Å². The third-order valence-electron chi connectivity index (χ3n) is 3.87. The predicted molar refractivity (Wildman–Crippen MR) is 97.6 cm³/mol. The van der Waals surface area contributed by atoms with Crippen molar-refractivity contribution in [2.45, 2.75) is 20.0 Å². The van der Waals surface area contributed by atoms with E-state index >= 15 is 0 Å². The monoisotopic (exact) mass is 359 g/mol. The Labute approximate surface area is 150 Å². The lowest BCUT2D eigenvalue weighted by molar-refractivity contribution is 0.0786. The maximum absolute atomic E-state index is 12.6. The normalized spacial score (nSPS) is 10.8. The van der Waals surface area contributed by atoms with Crippen molar-refractivity contribution in [3.8, 4) is 0 Å². The van der Waals surface area contributed by atoms with Gasteiger partial charge in [0, 0.05) is 23.1 Å². The molecule has 0 aliphatic rings. The molecule has 124 valence electrons. The molecule has 6 heteroatoms. The molecule has 0 saturated heterocycles. The molecule has 0 aliphatic heterocycles. The second-order valence-corrected chi connectivity index (χ2v) is 7.11. The minimum Gasteiger partial charge on any atom is -0.336 e. The largest absolute Gasteiger partial charge is 0.336 e. The second-order valence-electron chi connectivity index (χ2n) is 5.71. The molecule has 24 heavy (non-hydrogen) atoms. The smallest absolute Gasteiger partial charge is 0.257 e. The summed E-state index contributed by atoms with van der Waals surface area (Å²) in [6.45, 7) is 3.21. The van der Waals surface area contributed by atoms with Crippen LogP contribution in [0, 0.1) is 6.92 Å². The van der Waals surface area contributed by atoms with Crippen molar-refractivity contribution < 1.29 is 4.79 Å². The average Bonchev–Trinajstić information content (AvgIpc) is 3.19. The first-order valence-electron chi connectivity index (χ1n) is 7.59. The molecule has 0 N–H and O–H groups in total. The molecule has 2 aromatic heterocycles. The Balaban J connectivity index is 1.69. The fourth-order valence-electron chi connectivity index (χ4n) is 2.44. The van der Waals surface area contributed by atoms with E-state index in [0.717, 1.165) is 5.56 Å². The molecule has 1 aromatic carbocycles. The first-order chi connectivity index (χ1) is 11.5. The highest BCUT2D eigenvalue weighted by atomic mass is 35.5. The number of benzene rings is 1. The molecule has 0 bridgehead atoms. The topological polar surface area (TPSA) is 38.1 Å². The summed E-state index contributed by atoms with van der Waals surface area (Å²) >= 11 is 7.84. The highest BCUT2D eigenvalue weighted by Crippen LogP contribution is 2.19. The SMILES string of the molecule is Cc1ccsc1CN(C)C(=O)c1cnn(Cc2ccccc2Cl)c1. The van der Waals surface area contributed by atoms with Crippen LogP contribution in [-0.2, 0) is 13.1 Å². The summed E-state index contributed by atoms with van der Waals surface area (Å²) in [7, 11) is 1.81. The Hall–Kier alpha value is -2.11. The lowest BCUT2D eigenvalue weighted by Gasteiger charge is -2.15. The van der Waals surface area contributed by atoms with Crippen molar-refractivity contribution >= 4 is 28.8 Å².